The molecule has 1 saturated heterocycles. The van der Waals surface area contributed by atoms with Crippen LogP contribution in [0.5, 0.6) is 0 Å². The second kappa shape index (κ2) is 5.81. The molecule has 0 bridgehead atoms. The topological polar surface area (TPSA) is 32.8 Å². The first kappa shape index (κ1) is 16.0. The fourth-order valence-corrected chi connectivity index (χ4v) is 2.69. The zero-order chi connectivity index (χ0) is 15.7. The minimum atomic E-state index is -3.01. The van der Waals surface area contributed by atoms with Gasteiger partial charge in [0.25, 0.3) is 0 Å². The number of alkyl halides is 2. The van der Waals surface area contributed by atoms with Crippen molar-refractivity contribution in [1.82, 2.24) is 9.80 Å². The summed E-state index contributed by atoms with van der Waals surface area (Å²) in [7, 11) is 0. The lowest BCUT2D eigenvalue weighted by Crippen LogP contribution is -2.51. The highest BCUT2D eigenvalue weighted by molar-refractivity contribution is 5.69. The van der Waals surface area contributed by atoms with Crippen LogP contribution in [0.1, 0.15) is 40.0 Å². The summed E-state index contributed by atoms with van der Waals surface area (Å²) in [5.41, 5.74) is -0.606. The van der Waals surface area contributed by atoms with Crippen LogP contribution in [0.15, 0.2) is 11.8 Å². The second-order valence-corrected chi connectivity index (χ2v) is 6.70. The lowest BCUT2D eigenvalue weighted by molar-refractivity contribution is -0.0413. The zero-order valence-corrected chi connectivity index (χ0v) is 13.0. The van der Waals surface area contributed by atoms with Gasteiger partial charge < -0.3 is 9.64 Å². The largest absolute Gasteiger partial charge is 0.444 e. The van der Waals surface area contributed by atoms with E-state index in [4.69, 9.17) is 4.74 Å². The Morgan fingerprint density at radius 1 is 1.24 bits per heavy atom. The fraction of sp³-hybridized carbons (Fsp3) is 0.800. The quantitative estimate of drug-likeness (QED) is 0.745. The molecule has 2 heterocycles. The summed E-state index contributed by atoms with van der Waals surface area (Å²) in [6.45, 7) is 6.09. The summed E-state index contributed by atoms with van der Waals surface area (Å²) >= 11 is 0. The van der Waals surface area contributed by atoms with Gasteiger partial charge in [-0.15, -0.1) is 0 Å². The molecule has 0 aromatic heterocycles. The molecule has 4 nitrogen and oxygen atoms in total. The summed E-state index contributed by atoms with van der Waals surface area (Å²) < 4.78 is 33.8. The number of piperidine rings is 1. The van der Waals surface area contributed by atoms with Crippen molar-refractivity contribution in [3.05, 3.63) is 11.8 Å². The van der Waals surface area contributed by atoms with Gasteiger partial charge in [-0.2, -0.15) is 8.78 Å². The highest BCUT2D eigenvalue weighted by atomic mass is 19.3. The molecule has 0 atom stereocenters. The minimum absolute atomic E-state index is 0.0713. The predicted molar refractivity (Wildman–Crippen MR) is 76.3 cm³/mol. The number of hydrogen-bond acceptors (Lipinski definition) is 3. The molecule has 2 aliphatic rings. The van der Waals surface area contributed by atoms with E-state index < -0.39 is 24.2 Å². The maximum absolute atomic E-state index is 14.3. The highest BCUT2D eigenvalue weighted by Gasteiger charge is 2.44. The number of nitrogens with zero attached hydrogens (tertiary/aromatic N) is 2. The molecule has 0 unspecified atom stereocenters. The van der Waals surface area contributed by atoms with E-state index in [1.54, 1.807) is 25.7 Å². The van der Waals surface area contributed by atoms with Gasteiger partial charge in [-0.25, -0.2) is 4.79 Å². The number of amides is 1. The Labute approximate surface area is 124 Å². The smallest absolute Gasteiger partial charge is 0.410 e. The Morgan fingerprint density at radius 3 is 2.38 bits per heavy atom. The molecule has 0 spiro atoms. The Hall–Kier alpha value is -1.33. The number of hydrogen-bond donors (Lipinski definition) is 0. The molecule has 0 aromatic carbocycles. The van der Waals surface area contributed by atoms with E-state index in [0.717, 1.165) is 24.2 Å². The van der Waals surface area contributed by atoms with Gasteiger partial charge in [0.15, 0.2) is 0 Å². The van der Waals surface area contributed by atoms with Crippen LogP contribution >= 0.6 is 0 Å². The number of halogens is 2. The molecule has 0 radical (unpaired) electrons. The van der Waals surface area contributed by atoms with E-state index in [0.29, 0.717) is 13.1 Å². The van der Waals surface area contributed by atoms with E-state index >= 15 is 0 Å². The van der Waals surface area contributed by atoms with Crippen molar-refractivity contribution in [3.8, 4) is 0 Å². The van der Waals surface area contributed by atoms with E-state index in [1.807, 2.05) is 0 Å². The molecule has 0 aliphatic carbocycles. The monoisotopic (exact) mass is 302 g/mol. The van der Waals surface area contributed by atoms with Crippen molar-refractivity contribution in [2.24, 2.45) is 0 Å². The lowest BCUT2D eigenvalue weighted by Gasteiger charge is -2.40. The third-order valence-corrected chi connectivity index (χ3v) is 3.62. The van der Waals surface area contributed by atoms with Crippen molar-refractivity contribution in [2.45, 2.75) is 51.6 Å². The van der Waals surface area contributed by atoms with Gasteiger partial charge in [0.2, 0.25) is 0 Å². The van der Waals surface area contributed by atoms with E-state index in [1.165, 1.54) is 6.08 Å². The van der Waals surface area contributed by atoms with Gasteiger partial charge in [-0.05, 0) is 46.1 Å². The van der Waals surface area contributed by atoms with Crippen molar-refractivity contribution in [1.29, 1.82) is 0 Å². The van der Waals surface area contributed by atoms with E-state index in [-0.39, 0.29) is 12.2 Å². The van der Waals surface area contributed by atoms with Crippen LogP contribution in [0.25, 0.3) is 0 Å². The van der Waals surface area contributed by atoms with Gasteiger partial charge in [0, 0.05) is 19.6 Å². The molecular formula is C15H24F2N2O2. The van der Waals surface area contributed by atoms with Gasteiger partial charge in [-0.1, -0.05) is 0 Å². The third kappa shape index (κ3) is 4.08. The number of rotatable bonds is 1. The Kier molecular flexibility index (Phi) is 4.44. The standard InChI is InChI=1S/C15H24F2N2O2/c1-14(2,3)21-13(20)19-10-7-12(15(16,17)11-19)18-8-5-4-6-9-18/h7H,4-6,8-11H2,1-3H3. The predicted octanol–water partition coefficient (Wildman–Crippen LogP) is 3.24. The van der Waals surface area contributed by atoms with Crippen LogP contribution in [-0.4, -0.2) is 53.6 Å². The number of carbonyl (C=O) groups is 1. The van der Waals surface area contributed by atoms with Gasteiger partial charge in [0.1, 0.15) is 5.60 Å². The highest BCUT2D eigenvalue weighted by Crippen LogP contribution is 2.33. The molecule has 120 valence electrons. The maximum Gasteiger partial charge on any atom is 0.410 e. The normalized spacial score (nSPS) is 22.8. The zero-order valence-electron chi connectivity index (χ0n) is 13.0. The first-order valence-electron chi connectivity index (χ1n) is 7.50. The van der Waals surface area contributed by atoms with Gasteiger partial charge in [0.05, 0.1) is 12.2 Å². The van der Waals surface area contributed by atoms with Crippen molar-refractivity contribution >= 4 is 6.09 Å². The first-order chi connectivity index (χ1) is 9.69. The molecular weight excluding hydrogens is 278 g/mol. The summed E-state index contributed by atoms with van der Waals surface area (Å²) in [5, 5.41) is 0. The molecule has 0 aromatic rings. The average Bonchev–Trinajstić information content (AvgIpc) is 2.36. The fourth-order valence-electron chi connectivity index (χ4n) is 2.69. The van der Waals surface area contributed by atoms with Crippen LogP contribution in [0.4, 0.5) is 13.6 Å². The number of ether oxygens (including phenoxy) is 1. The second-order valence-electron chi connectivity index (χ2n) is 6.70. The molecule has 0 saturated carbocycles. The summed E-state index contributed by atoms with van der Waals surface area (Å²) in [6.07, 6.45) is 3.78. The Bertz CT molecular complexity index is 424. The van der Waals surface area contributed by atoms with Crippen molar-refractivity contribution in [2.75, 3.05) is 26.2 Å². The molecule has 2 aliphatic heterocycles. The minimum Gasteiger partial charge on any atom is -0.444 e. The van der Waals surface area contributed by atoms with Crippen molar-refractivity contribution < 1.29 is 18.3 Å². The van der Waals surface area contributed by atoms with Crippen LogP contribution < -0.4 is 0 Å². The Morgan fingerprint density at radius 2 is 1.86 bits per heavy atom. The van der Waals surface area contributed by atoms with Crippen LogP contribution in [-0.2, 0) is 4.74 Å². The molecule has 2 rings (SSSR count). The molecule has 6 heteroatoms. The summed E-state index contributed by atoms with van der Waals surface area (Å²) in [6, 6.07) is 0. The van der Waals surface area contributed by atoms with Crippen LogP contribution in [0, 0.1) is 0 Å². The van der Waals surface area contributed by atoms with E-state index in [9.17, 15) is 13.6 Å². The SMILES string of the molecule is CC(C)(C)OC(=O)N1CC=C(N2CCCCC2)C(F)(F)C1. The van der Waals surface area contributed by atoms with Gasteiger partial charge in [-0.3, -0.25) is 4.90 Å². The maximum atomic E-state index is 14.3. The van der Waals surface area contributed by atoms with Crippen LogP contribution in [0.3, 0.4) is 0 Å². The van der Waals surface area contributed by atoms with E-state index in [2.05, 4.69) is 0 Å². The summed E-state index contributed by atoms with van der Waals surface area (Å²) in [5.74, 6) is -3.01. The van der Waals surface area contributed by atoms with Crippen LogP contribution in [0.2, 0.25) is 0 Å². The number of carbonyl (C=O) groups excluding carboxylic acids is 1. The molecule has 0 N–H and O–H groups in total. The lowest BCUT2D eigenvalue weighted by atomic mass is 10.1. The first-order valence-corrected chi connectivity index (χ1v) is 7.50. The average molecular weight is 302 g/mol. The third-order valence-electron chi connectivity index (χ3n) is 3.62. The Balaban J connectivity index is 2.06. The van der Waals surface area contributed by atoms with Gasteiger partial charge >= 0.3 is 12.0 Å². The van der Waals surface area contributed by atoms with Crippen molar-refractivity contribution in [3.63, 3.8) is 0 Å². The summed E-state index contributed by atoms with van der Waals surface area (Å²) in [4.78, 5) is 14.7. The number of likely N-dealkylation sites (tertiary alicyclic amines) is 1. The molecule has 1 fully saturated rings. The molecule has 21 heavy (non-hydrogen) atoms. The molecule has 1 amide bonds.